The summed E-state index contributed by atoms with van der Waals surface area (Å²) in [5, 5.41) is 0. The van der Waals surface area contributed by atoms with Crippen LogP contribution in [0.5, 0.6) is 0 Å². The number of nitrogens with zero attached hydrogens (tertiary/aromatic N) is 4. The average Bonchev–Trinajstić information content (AvgIpc) is 2.83. The van der Waals surface area contributed by atoms with Gasteiger partial charge in [0.1, 0.15) is 0 Å². The monoisotopic (exact) mass is 361 g/mol. The molecule has 0 radical (unpaired) electrons. The van der Waals surface area contributed by atoms with E-state index < -0.39 is 7.12 Å². The second kappa shape index (κ2) is 7.42. The van der Waals surface area contributed by atoms with Gasteiger partial charge in [-0.25, -0.2) is 9.97 Å². The van der Waals surface area contributed by atoms with Crippen molar-refractivity contribution in [3.63, 3.8) is 0 Å². The molecule has 0 unspecified atom stereocenters. The first-order valence-corrected chi connectivity index (χ1v) is 9.56. The summed E-state index contributed by atoms with van der Waals surface area (Å²) >= 11 is 0. The molecule has 0 aliphatic carbocycles. The maximum absolute atomic E-state index is 6.08. The molecule has 2 aliphatic heterocycles. The zero-order valence-electron chi connectivity index (χ0n) is 16.7. The van der Waals surface area contributed by atoms with Gasteiger partial charge >= 0.3 is 7.12 Å². The summed E-state index contributed by atoms with van der Waals surface area (Å²) in [6.07, 6.45) is 6.00. The van der Waals surface area contributed by atoms with Crippen LogP contribution in [0, 0.1) is 0 Å². The Bertz CT molecular complexity index is 594. The molecule has 26 heavy (non-hydrogen) atoms. The zero-order valence-corrected chi connectivity index (χ0v) is 16.7. The number of piperidine rings is 1. The van der Waals surface area contributed by atoms with Gasteiger partial charge in [-0.2, -0.15) is 0 Å². The van der Waals surface area contributed by atoms with Crippen molar-refractivity contribution in [2.24, 2.45) is 5.73 Å². The summed E-state index contributed by atoms with van der Waals surface area (Å²) < 4.78 is 12.2. The third-order valence-electron chi connectivity index (χ3n) is 5.97. The van der Waals surface area contributed by atoms with Gasteiger partial charge < -0.3 is 24.8 Å². The van der Waals surface area contributed by atoms with E-state index in [0.717, 1.165) is 37.5 Å². The molecule has 7 nitrogen and oxygen atoms in total. The van der Waals surface area contributed by atoms with Crippen molar-refractivity contribution in [1.29, 1.82) is 0 Å². The lowest BCUT2D eigenvalue weighted by Crippen LogP contribution is -2.48. The summed E-state index contributed by atoms with van der Waals surface area (Å²) in [5.74, 6) is 0.774. The topological polar surface area (TPSA) is 76.7 Å². The first-order chi connectivity index (χ1) is 12.2. The Morgan fingerprint density at radius 2 is 1.85 bits per heavy atom. The lowest BCUT2D eigenvalue weighted by molar-refractivity contribution is 0.00578. The van der Waals surface area contributed by atoms with Crippen LogP contribution in [0.25, 0.3) is 0 Å². The zero-order chi connectivity index (χ0) is 18.9. The van der Waals surface area contributed by atoms with Gasteiger partial charge in [-0.1, -0.05) is 0 Å². The van der Waals surface area contributed by atoms with Crippen LogP contribution < -0.4 is 16.1 Å². The number of anilines is 1. The Balaban J connectivity index is 1.66. The van der Waals surface area contributed by atoms with Gasteiger partial charge in [0.25, 0.3) is 0 Å². The highest BCUT2D eigenvalue weighted by Gasteiger charge is 2.52. The minimum absolute atomic E-state index is 0.357. The molecule has 0 spiro atoms. The third-order valence-corrected chi connectivity index (χ3v) is 5.97. The van der Waals surface area contributed by atoms with Gasteiger partial charge in [0.05, 0.1) is 11.2 Å². The Morgan fingerprint density at radius 1 is 1.23 bits per heavy atom. The molecular weight excluding hydrogens is 329 g/mol. The molecule has 0 aromatic carbocycles. The second-order valence-corrected chi connectivity index (χ2v) is 8.42. The molecular formula is C18H32BN5O2. The van der Waals surface area contributed by atoms with Crippen molar-refractivity contribution in [2.75, 3.05) is 38.1 Å². The van der Waals surface area contributed by atoms with E-state index in [2.05, 4.69) is 26.8 Å². The van der Waals surface area contributed by atoms with Crippen molar-refractivity contribution in [3.8, 4) is 0 Å². The van der Waals surface area contributed by atoms with Crippen LogP contribution in [0.1, 0.15) is 40.5 Å². The molecule has 0 saturated carbocycles. The molecule has 3 rings (SSSR count). The quantitative estimate of drug-likeness (QED) is 0.771. The van der Waals surface area contributed by atoms with Crippen molar-refractivity contribution < 1.29 is 9.31 Å². The van der Waals surface area contributed by atoms with E-state index in [1.807, 2.05) is 40.1 Å². The van der Waals surface area contributed by atoms with Crippen molar-refractivity contribution in [1.82, 2.24) is 14.9 Å². The van der Waals surface area contributed by atoms with Crippen molar-refractivity contribution in [3.05, 3.63) is 12.4 Å². The molecule has 1 aromatic heterocycles. The highest BCUT2D eigenvalue weighted by Crippen LogP contribution is 2.36. The summed E-state index contributed by atoms with van der Waals surface area (Å²) in [5.41, 5.74) is 5.84. The molecule has 2 saturated heterocycles. The Morgan fingerprint density at radius 3 is 2.42 bits per heavy atom. The highest BCUT2D eigenvalue weighted by molar-refractivity contribution is 6.61. The van der Waals surface area contributed by atoms with Gasteiger partial charge in [0.15, 0.2) is 0 Å². The van der Waals surface area contributed by atoms with Gasteiger partial charge in [-0.3, -0.25) is 0 Å². The van der Waals surface area contributed by atoms with E-state index in [1.54, 1.807) is 0 Å². The first-order valence-electron chi connectivity index (χ1n) is 9.56. The number of nitrogens with two attached hydrogens (primary N) is 1. The largest absolute Gasteiger partial charge is 0.498 e. The second-order valence-electron chi connectivity index (χ2n) is 8.42. The van der Waals surface area contributed by atoms with Gasteiger partial charge in [0, 0.05) is 50.1 Å². The molecule has 144 valence electrons. The van der Waals surface area contributed by atoms with Gasteiger partial charge in [-0.15, -0.1) is 0 Å². The van der Waals surface area contributed by atoms with Crippen LogP contribution >= 0.6 is 0 Å². The summed E-state index contributed by atoms with van der Waals surface area (Å²) in [4.78, 5) is 13.8. The van der Waals surface area contributed by atoms with Crippen LogP contribution in [0.15, 0.2) is 12.4 Å². The van der Waals surface area contributed by atoms with Crippen LogP contribution in [0.3, 0.4) is 0 Å². The molecule has 1 aromatic rings. The number of hydrogen-bond donors (Lipinski definition) is 1. The number of hydrogen-bond acceptors (Lipinski definition) is 7. The third kappa shape index (κ3) is 3.88. The van der Waals surface area contributed by atoms with Crippen molar-refractivity contribution >= 4 is 18.5 Å². The molecule has 8 heteroatoms. The van der Waals surface area contributed by atoms with E-state index in [4.69, 9.17) is 15.0 Å². The van der Waals surface area contributed by atoms with Crippen LogP contribution in [0.4, 0.5) is 5.95 Å². The molecule has 3 heterocycles. The first kappa shape index (κ1) is 19.5. The fraction of sp³-hybridized carbons (Fsp3) is 0.778. The lowest BCUT2D eigenvalue weighted by Gasteiger charge is -2.37. The fourth-order valence-corrected chi connectivity index (χ4v) is 3.48. The lowest BCUT2D eigenvalue weighted by atomic mass is 9.81. The number of likely N-dealkylation sites (N-methyl/N-ethyl adjacent to an activating group) is 1. The SMILES string of the molecule is CN(CCN)[C@@H]1CCCN(c2ncc(B3OC(C)(C)C(C)(C)O3)cn2)C1. The van der Waals surface area contributed by atoms with Crippen LogP contribution in [-0.4, -0.2) is 72.5 Å². The molecule has 0 bridgehead atoms. The molecule has 2 fully saturated rings. The summed E-state index contributed by atoms with van der Waals surface area (Å²) in [7, 11) is 1.72. The maximum Gasteiger partial charge on any atom is 0.498 e. The smallest absolute Gasteiger partial charge is 0.399 e. The Labute approximate surface area is 157 Å². The van der Waals surface area contributed by atoms with E-state index >= 15 is 0 Å². The molecule has 2 N–H and O–H groups in total. The minimum atomic E-state index is -0.418. The van der Waals surface area contributed by atoms with Crippen molar-refractivity contribution in [2.45, 2.75) is 57.8 Å². The van der Waals surface area contributed by atoms with Gasteiger partial charge in [-0.05, 0) is 47.6 Å². The van der Waals surface area contributed by atoms with E-state index in [0.29, 0.717) is 12.6 Å². The Hall–Kier alpha value is -1.22. The molecule has 1 atom stereocenters. The number of aromatic nitrogens is 2. The maximum atomic E-state index is 6.08. The predicted octanol–water partition coefficient (Wildman–Crippen LogP) is 0.635. The standard InChI is InChI=1S/C18H32BN5O2/c1-17(2)18(3,4)26-19(25-17)14-11-21-16(22-12-14)24-9-6-7-15(13-24)23(5)10-8-20/h11-12,15H,6-10,13,20H2,1-5H3/t15-/m1/s1. The van der Waals surface area contributed by atoms with Crippen LogP contribution in [0.2, 0.25) is 0 Å². The van der Waals surface area contributed by atoms with Gasteiger partial charge in [0.2, 0.25) is 5.95 Å². The predicted molar refractivity (Wildman–Crippen MR) is 105 cm³/mol. The highest BCUT2D eigenvalue weighted by atomic mass is 16.7. The Kier molecular flexibility index (Phi) is 5.58. The van der Waals surface area contributed by atoms with E-state index in [9.17, 15) is 0 Å². The number of rotatable bonds is 5. The summed E-state index contributed by atoms with van der Waals surface area (Å²) in [6, 6.07) is 0.499. The molecule has 2 aliphatic rings. The summed E-state index contributed by atoms with van der Waals surface area (Å²) in [6.45, 7) is 11.7. The van der Waals surface area contributed by atoms with Crippen LogP contribution in [-0.2, 0) is 9.31 Å². The normalized spacial score (nSPS) is 25.1. The minimum Gasteiger partial charge on any atom is -0.399 e. The molecule has 0 amide bonds. The fourth-order valence-electron chi connectivity index (χ4n) is 3.48. The van der Waals surface area contributed by atoms with E-state index in [-0.39, 0.29) is 11.2 Å². The average molecular weight is 361 g/mol. The van der Waals surface area contributed by atoms with E-state index in [1.165, 1.54) is 6.42 Å².